The molecule has 4 rings (SSSR count). The number of hydrogen-bond acceptors (Lipinski definition) is 4. The van der Waals surface area contributed by atoms with Crippen molar-refractivity contribution >= 4 is 34.7 Å². The number of benzene rings is 2. The van der Waals surface area contributed by atoms with Crippen molar-refractivity contribution in [3.8, 4) is 0 Å². The monoisotopic (exact) mass is 400 g/mol. The molecule has 0 spiro atoms. The van der Waals surface area contributed by atoms with Gasteiger partial charge in [0.15, 0.2) is 0 Å². The van der Waals surface area contributed by atoms with E-state index in [9.17, 15) is 18.4 Å². The molecule has 0 radical (unpaired) electrons. The van der Waals surface area contributed by atoms with Gasteiger partial charge in [-0.1, -0.05) is 18.2 Å². The Hall–Kier alpha value is -2.67. The Balaban J connectivity index is 1.52. The lowest BCUT2D eigenvalue weighted by molar-refractivity contribution is -0.123. The molecule has 0 N–H and O–H groups in total. The van der Waals surface area contributed by atoms with Gasteiger partial charge in [-0.05, 0) is 66.1 Å². The van der Waals surface area contributed by atoms with Crippen molar-refractivity contribution in [1.82, 2.24) is 4.90 Å². The molecule has 2 fully saturated rings. The number of imide groups is 1. The molecule has 7 heteroatoms. The number of amides is 2. The first kappa shape index (κ1) is 18.7. The maximum absolute atomic E-state index is 14.5. The van der Waals surface area contributed by atoms with E-state index >= 15 is 0 Å². The fourth-order valence-corrected chi connectivity index (χ4v) is 4.23. The van der Waals surface area contributed by atoms with Gasteiger partial charge < -0.3 is 4.90 Å². The fourth-order valence-electron chi connectivity index (χ4n) is 3.39. The van der Waals surface area contributed by atoms with E-state index in [1.54, 1.807) is 12.1 Å². The summed E-state index contributed by atoms with van der Waals surface area (Å²) in [6, 6.07) is 10.5. The minimum atomic E-state index is -0.427. The van der Waals surface area contributed by atoms with Gasteiger partial charge in [-0.3, -0.25) is 14.5 Å². The Morgan fingerprint density at radius 3 is 2.39 bits per heavy atom. The van der Waals surface area contributed by atoms with Crippen LogP contribution in [0.5, 0.6) is 0 Å². The van der Waals surface area contributed by atoms with Crippen molar-refractivity contribution in [2.24, 2.45) is 0 Å². The largest absolute Gasteiger partial charge is 0.369 e. The number of halogens is 2. The number of carbonyl (C=O) groups excluding carboxylic acids is 2. The van der Waals surface area contributed by atoms with Crippen LogP contribution in [0.2, 0.25) is 0 Å². The molecule has 0 aromatic heterocycles. The quantitative estimate of drug-likeness (QED) is 0.691. The molecule has 0 aliphatic carbocycles. The number of thioether (sulfide) groups is 1. The molecule has 2 aliphatic heterocycles. The van der Waals surface area contributed by atoms with Crippen LogP contribution in [-0.2, 0) is 11.3 Å². The Morgan fingerprint density at radius 2 is 1.71 bits per heavy atom. The fraction of sp³-hybridized carbons (Fsp3) is 0.238. The molecule has 0 bridgehead atoms. The normalized spacial score (nSPS) is 18.6. The minimum Gasteiger partial charge on any atom is -0.369 e. The van der Waals surface area contributed by atoms with Gasteiger partial charge in [0.2, 0.25) is 0 Å². The lowest BCUT2D eigenvalue weighted by Gasteiger charge is -2.18. The van der Waals surface area contributed by atoms with E-state index in [-0.39, 0.29) is 23.1 Å². The Morgan fingerprint density at radius 1 is 1.00 bits per heavy atom. The third kappa shape index (κ3) is 3.80. The Kier molecular flexibility index (Phi) is 5.17. The van der Waals surface area contributed by atoms with Crippen molar-refractivity contribution in [3.05, 3.63) is 70.1 Å². The number of nitrogens with zero attached hydrogens (tertiary/aromatic N) is 2. The van der Waals surface area contributed by atoms with E-state index in [2.05, 4.69) is 0 Å². The molecule has 2 aromatic rings. The number of hydrogen-bond donors (Lipinski definition) is 0. The maximum atomic E-state index is 14.5. The summed E-state index contributed by atoms with van der Waals surface area (Å²) >= 11 is 0.826. The predicted molar refractivity (Wildman–Crippen MR) is 106 cm³/mol. The average Bonchev–Trinajstić information content (AvgIpc) is 3.28. The van der Waals surface area contributed by atoms with Crippen LogP contribution in [0.25, 0.3) is 6.08 Å². The second-order valence-electron chi connectivity index (χ2n) is 6.80. The van der Waals surface area contributed by atoms with Gasteiger partial charge in [0, 0.05) is 13.1 Å². The summed E-state index contributed by atoms with van der Waals surface area (Å²) in [5, 5.41) is -0.394. The standard InChI is InChI=1S/C21H18F2N2O2S/c22-16-6-3-14(4-7-16)13-25-20(26)19(28-21(25)27)12-15-5-8-18(17(23)11-15)24-9-1-2-10-24/h3-8,11-12H,1-2,9-10,13H2/b19-12-. The van der Waals surface area contributed by atoms with Gasteiger partial charge in [0.25, 0.3) is 11.1 Å². The van der Waals surface area contributed by atoms with Gasteiger partial charge in [0.1, 0.15) is 11.6 Å². The second-order valence-corrected chi connectivity index (χ2v) is 7.79. The van der Waals surface area contributed by atoms with Gasteiger partial charge in [-0.15, -0.1) is 0 Å². The zero-order valence-electron chi connectivity index (χ0n) is 15.0. The Labute approximate surface area is 165 Å². The van der Waals surface area contributed by atoms with Crippen LogP contribution in [0.3, 0.4) is 0 Å². The van der Waals surface area contributed by atoms with E-state index in [1.165, 1.54) is 36.4 Å². The number of carbonyl (C=O) groups is 2. The smallest absolute Gasteiger partial charge is 0.293 e. The lowest BCUT2D eigenvalue weighted by atomic mass is 10.1. The first-order valence-electron chi connectivity index (χ1n) is 9.05. The molecule has 144 valence electrons. The molecule has 0 unspecified atom stereocenters. The SMILES string of the molecule is O=C1S/C(=C\c2ccc(N3CCCC3)c(F)c2)C(=O)N1Cc1ccc(F)cc1. The molecule has 0 saturated carbocycles. The highest BCUT2D eigenvalue weighted by atomic mass is 32.2. The molecule has 0 atom stereocenters. The summed E-state index contributed by atoms with van der Waals surface area (Å²) in [5.41, 5.74) is 1.76. The highest BCUT2D eigenvalue weighted by Crippen LogP contribution is 2.34. The summed E-state index contributed by atoms with van der Waals surface area (Å²) in [7, 11) is 0. The van der Waals surface area contributed by atoms with Crippen molar-refractivity contribution in [1.29, 1.82) is 0 Å². The van der Waals surface area contributed by atoms with Gasteiger partial charge >= 0.3 is 0 Å². The zero-order chi connectivity index (χ0) is 19.7. The van der Waals surface area contributed by atoms with Crippen molar-refractivity contribution < 1.29 is 18.4 Å². The van der Waals surface area contributed by atoms with Crippen LogP contribution >= 0.6 is 11.8 Å². The number of anilines is 1. The van der Waals surface area contributed by atoms with E-state index in [0.717, 1.165) is 42.6 Å². The summed E-state index contributed by atoms with van der Waals surface area (Å²) in [4.78, 5) is 28.2. The molecule has 28 heavy (non-hydrogen) atoms. The molecule has 2 saturated heterocycles. The first-order chi connectivity index (χ1) is 13.5. The average molecular weight is 400 g/mol. The van der Waals surface area contributed by atoms with Crippen LogP contribution in [0.4, 0.5) is 19.3 Å². The highest BCUT2D eigenvalue weighted by molar-refractivity contribution is 8.18. The lowest BCUT2D eigenvalue weighted by Crippen LogP contribution is -2.27. The maximum Gasteiger partial charge on any atom is 0.293 e. The molecular weight excluding hydrogens is 382 g/mol. The van der Waals surface area contributed by atoms with Gasteiger partial charge in [-0.2, -0.15) is 0 Å². The van der Waals surface area contributed by atoms with Crippen LogP contribution in [0.1, 0.15) is 24.0 Å². The van der Waals surface area contributed by atoms with Gasteiger partial charge in [0.05, 0.1) is 17.1 Å². The van der Waals surface area contributed by atoms with Crippen LogP contribution < -0.4 is 4.90 Å². The molecule has 2 amide bonds. The molecule has 2 aromatic carbocycles. The van der Waals surface area contributed by atoms with E-state index in [4.69, 9.17) is 0 Å². The molecule has 2 heterocycles. The Bertz CT molecular complexity index is 953. The van der Waals surface area contributed by atoms with Crippen molar-refractivity contribution in [2.45, 2.75) is 19.4 Å². The summed E-state index contributed by atoms with van der Waals surface area (Å²) in [5.74, 6) is -1.14. The van der Waals surface area contributed by atoms with E-state index in [1.807, 2.05) is 4.90 Å². The van der Waals surface area contributed by atoms with Crippen LogP contribution in [0, 0.1) is 11.6 Å². The summed E-state index contributed by atoms with van der Waals surface area (Å²) in [6.45, 7) is 1.77. The third-order valence-corrected chi connectivity index (χ3v) is 5.75. The van der Waals surface area contributed by atoms with Crippen LogP contribution in [-0.4, -0.2) is 29.1 Å². The van der Waals surface area contributed by atoms with Crippen molar-refractivity contribution in [2.75, 3.05) is 18.0 Å². The third-order valence-electron chi connectivity index (χ3n) is 4.84. The highest BCUT2D eigenvalue weighted by Gasteiger charge is 2.35. The second kappa shape index (κ2) is 7.75. The molecular formula is C21H18F2N2O2S. The summed E-state index contributed by atoms with van der Waals surface area (Å²) < 4.78 is 27.5. The van der Waals surface area contributed by atoms with E-state index in [0.29, 0.717) is 16.8 Å². The van der Waals surface area contributed by atoms with Crippen molar-refractivity contribution in [3.63, 3.8) is 0 Å². The minimum absolute atomic E-state index is 0.0740. The number of rotatable bonds is 4. The molecule has 2 aliphatic rings. The topological polar surface area (TPSA) is 40.6 Å². The van der Waals surface area contributed by atoms with E-state index < -0.39 is 11.1 Å². The first-order valence-corrected chi connectivity index (χ1v) is 9.87. The van der Waals surface area contributed by atoms with Gasteiger partial charge in [-0.25, -0.2) is 8.78 Å². The molecule has 4 nitrogen and oxygen atoms in total. The van der Waals surface area contributed by atoms with Crippen LogP contribution in [0.15, 0.2) is 47.4 Å². The zero-order valence-corrected chi connectivity index (χ0v) is 15.8. The summed E-state index contributed by atoms with van der Waals surface area (Å²) in [6.07, 6.45) is 3.65. The predicted octanol–water partition coefficient (Wildman–Crippen LogP) is 4.80.